The van der Waals surface area contributed by atoms with Crippen molar-refractivity contribution in [2.24, 2.45) is 4.99 Å². The van der Waals surface area contributed by atoms with E-state index in [4.69, 9.17) is 23.2 Å². The van der Waals surface area contributed by atoms with Gasteiger partial charge in [0, 0.05) is 18.6 Å². The van der Waals surface area contributed by atoms with E-state index in [0.29, 0.717) is 25.8 Å². The summed E-state index contributed by atoms with van der Waals surface area (Å²) < 4.78 is 0.958. The van der Waals surface area contributed by atoms with E-state index in [9.17, 15) is 4.79 Å². The number of benzene rings is 2. The first-order valence-electron chi connectivity index (χ1n) is 7.55. The molecule has 1 aliphatic heterocycles. The number of rotatable bonds is 3. The van der Waals surface area contributed by atoms with Gasteiger partial charge in [-0.15, -0.1) is 0 Å². The molecule has 0 unspecified atom stereocenters. The van der Waals surface area contributed by atoms with Gasteiger partial charge in [0.05, 0.1) is 26.3 Å². The second-order valence-corrected chi connectivity index (χ2v) is 8.33. The Morgan fingerprint density at radius 1 is 1.23 bits per heavy atom. The number of nitrogens with one attached hydrogen (secondary N) is 1. The molecule has 0 saturated carbocycles. The molecule has 0 spiro atoms. The lowest BCUT2D eigenvalue weighted by molar-refractivity contribution is -0.115. The number of carbonyl (C=O) groups excluding carboxylic acids is 1. The molecule has 134 valence electrons. The number of aliphatic imine (C=N–C) groups is 1. The van der Waals surface area contributed by atoms with Gasteiger partial charge in [-0.3, -0.25) is 4.79 Å². The van der Waals surface area contributed by atoms with Crippen molar-refractivity contribution in [3.8, 4) is 0 Å². The van der Waals surface area contributed by atoms with Crippen molar-refractivity contribution in [1.82, 2.24) is 5.32 Å². The minimum atomic E-state index is -0.195. The molecule has 1 amide bonds. The van der Waals surface area contributed by atoms with Crippen LogP contribution in [0, 0.1) is 0 Å². The van der Waals surface area contributed by atoms with Gasteiger partial charge in [0.1, 0.15) is 0 Å². The van der Waals surface area contributed by atoms with Crippen LogP contribution in [0.15, 0.2) is 50.8 Å². The Kier molecular flexibility index (Phi) is 5.97. The summed E-state index contributed by atoms with van der Waals surface area (Å²) in [6, 6.07) is 11.1. The Bertz CT molecular complexity index is 944. The lowest BCUT2D eigenvalue weighted by Crippen LogP contribution is -2.19. The van der Waals surface area contributed by atoms with Crippen LogP contribution in [0.25, 0.3) is 6.08 Å². The van der Waals surface area contributed by atoms with Crippen molar-refractivity contribution in [1.29, 1.82) is 0 Å². The summed E-state index contributed by atoms with van der Waals surface area (Å²) in [7, 11) is 3.95. The third-order valence-electron chi connectivity index (χ3n) is 3.56. The molecule has 1 saturated heterocycles. The zero-order valence-electron chi connectivity index (χ0n) is 13.9. The second kappa shape index (κ2) is 8.05. The van der Waals surface area contributed by atoms with Gasteiger partial charge in [0.15, 0.2) is 5.17 Å². The quantitative estimate of drug-likeness (QED) is 0.584. The molecule has 2 aromatic rings. The molecule has 1 aliphatic rings. The number of thioether (sulfide) groups is 1. The van der Waals surface area contributed by atoms with Gasteiger partial charge >= 0.3 is 0 Å². The van der Waals surface area contributed by atoms with Crippen LogP contribution in [0.3, 0.4) is 0 Å². The third-order valence-corrected chi connectivity index (χ3v) is 5.91. The van der Waals surface area contributed by atoms with Crippen LogP contribution in [0.1, 0.15) is 5.56 Å². The molecule has 4 nitrogen and oxygen atoms in total. The largest absolute Gasteiger partial charge is 0.377 e. The second-order valence-electron chi connectivity index (χ2n) is 5.66. The van der Waals surface area contributed by atoms with Crippen molar-refractivity contribution < 1.29 is 4.79 Å². The molecule has 0 atom stereocenters. The minimum absolute atomic E-state index is 0.195. The lowest BCUT2D eigenvalue weighted by Gasteiger charge is -2.14. The van der Waals surface area contributed by atoms with Crippen LogP contribution in [0.2, 0.25) is 10.0 Å². The summed E-state index contributed by atoms with van der Waals surface area (Å²) in [5.41, 5.74) is 2.50. The number of nitrogens with zero attached hydrogens (tertiary/aromatic N) is 2. The summed E-state index contributed by atoms with van der Waals surface area (Å²) >= 11 is 17.0. The lowest BCUT2D eigenvalue weighted by atomic mass is 10.2. The molecule has 0 aromatic heterocycles. The maximum atomic E-state index is 12.2. The van der Waals surface area contributed by atoms with Gasteiger partial charge in [-0.2, -0.15) is 0 Å². The van der Waals surface area contributed by atoms with Crippen LogP contribution >= 0.6 is 50.9 Å². The highest BCUT2D eigenvalue weighted by Crippen LogP contribution is 2.35. The third kappa shape index (κ3) is 4.26. The van der Waals surface area contributed by atoms with Crippen LogP contribution < -0.4 is 10.2 Å². The maximum absolute atomic E-state index is 12.2. The Morgan fingerprint density at radius 2 is 2.00 bits per heavy atom. The summed E-state index contributed by atoms with van der Waals surface area (Å²) in [5.74, 6) is -0.195. The number of hydrogen-bond acceptors (Lipinski definition) is 4. The highest BCUT2D eigenvalue weighted by atomic mass is 79.9. The average Bonchev–Trinajstić information content (AvgIpc) is 2.91. The summed E-state index contributed by atoms with van der Waals surface area (Å²) in [4.78, 5) is 19.2. The molecule has 1 heterocycles. The summed E-state index contributed by atoms with van der Waals surface area (Å²) in [5, 5.41) is 3.99. The first-order chi connectivity index (χ1) is 12.3. The fraction of sp³-hybridized carbons (Fsp3) is 0.111. The van der Waals surface area contributed by atoms with Crippen molar-refractivity contribution in [2.45, 2.75) is 0 Å². The van der Waals surface area contributed by atoms with Crippen molar-refractivity contribution in [2.75, 3.05) is 19.0 Å². The Balaban J connectivity index is 1.86. The Labute approximate surface area is 174 Å². The van der Waals surface area contributed by atoms with Crippen LogP contribution in [-0.2, 0) is 4.79 Å². The maximum Gasteiger partial charge on any atom is 0.264 e. The molecule has 1 fully saturated rings. The minimum Gasteiger partial charge on any atom is -0.377 e. The fourth-order valence-corrected chi connectivity index (χ4v) is 4.22. The standard InChI is InChI=1S/C18H14BrCl2N3OS/c1-24(2)14-7-6-10(8-11(14)19)9-15-17(25)23-18(26-15)22-13-5-3-4-12(20)16(13)21/h3-9H,1-2H3,(H,22,23,25)/b15-9+. The highest BCUT2D eigenvalue weighted by Gasteiger charge is 2.24. The van der Waals surface area contributed by atoms with E-state index >= 15 is 0 Å². The van der Waals surface area contributed by atoms with E-state index in [0.717, 1.165) is 15.7 Å². The summed E-state index contributed by atoms with van der Waals surface area (Å²) in [6.07, 6.45) is 1.83. The zero-order chi connectivity index (χ0) is 18.8. The smallest absolute Gasteiger partial charge is 0.264 e. The summed E-state index contributed by atoms with van der Waals surface area (Å²) in [6.45, 7) is 0. The Morgan fingerprint density at radius 3 is 2.69 bits per heavy atom. The topological polar surface area (TPSA) is 44.7 Å². The van der Waals surface area contributed by atoms with Crippen molar-refractivity contribution in [3.05, 3.63) is 61.4 Å². The number of hydrogen-bond donors (Lipinski definition) is 1. The number of amidine groups is 1. The number of carbonyl (C=O) groups is 1. The van der Waals surface area contributed by atoms with Crippen LogP contribution in [0.4, 0.5) is 11.4 Å². The molecule has 0 aliphatic carbocycles. The monoisotopic (exact) mass is 469 g/mol. The van der Waals surface area contributed by atoms with E-state index in [1.807, 2.05) is 43.3 Å². The van der Waals surface area contributed by atoms with E-state index in [2.05, 4.69) is 26.2 Å². The molecule has 8 heteroatoms. The zero-order valence-corrected chi connectivity index (χ0v) is 17.8. The molecule has 2 aromatic carbocycles. The van der Waals surface area contributed by atoms with Gasteiger partial charge in [0.25, 0.3) is 5.91 Å². The predicted octanol–water partition coefficient (Wildman–Crippen LogP) is 5.71. The number of amides is 1. The molecule has 0 radical (unpaired) electrons. The average molecular weight is 471 g/mol. The van der Waals surface area contributed by atoms with Crippen molar-refractivity contribution in [3.63, 3.8) is 0 Å². The predicted molar refractivity (Wildman–Crippen MR) is 116 cm³/mol. The first-order valence-corrected chi connectivity index (χ1v) is 9.92. The number of anilines is 1. The molecular weight excluding hydrogens is 457 g/mol. The normalized spacial score (nSPS) is 17.0. The SMILES string of the molecule is CN(C)c1ccc(/C=C2/SC(=Nc3cccc(Cl)c3Cl)NC2=O)cc1Br. The van der Waals surface area contributed by atoms with Gasteiger partial charge in [-0.05, 0) is 63.6 Å². The van der Waals surface area contributed by atoms with Gasteiger partial charge < -0.3 is 10.2 Å². The first kappa shape index (κ1) is 19.3. The van der Waals surface area contributed by atoms with Crippen LogP contribution in [-0.4, -0.2) is 25.2 Å². The van der Waals surface area contributed by atoms with Crippen molar-refractivity contribution >= 4 is 79.4 Å². The van der Waals surface area contributed by atoms with E-state index in [-0.39, 0.29) is 5.91 Å². The highest BCUT2D eigenvalue weighted by molar-refractivity contribution is 9.10. The molecule has 3 rings (SSSR count). The Hall–Kier alpha value is -1.47. The fourth-order valence-electron chi connectivity index (χ4n) is 2.30. The molecule has 0 bridgehead atoms. The van der Waals surface area contributed by atoms with Gasteiger partial charge in [0.2, 0.25) is 0 Å². The van der Waals surface area contributed by atoms with Gasteiger partial charge in [-0.1, -0.05) is 35.3 Å². The van der Waals surface area contributed by atoms with E-state index in [1.54, 1.807) is 18.2 Å². The molecular formula is C18H14BrCl2N3OS. The number of halogens is 3. The molecule has 1 N–H and O–H groups in total. The van der Waals surface area contributed by atoms with E-state index in [1.165, 1.54) is 11.8 Å². The van der Waals surface area contributed by atoms with E-state index < -0.39 is 0 Å². The van der Waals surface area contributed by atoms with Crippen LogP contribution in [0.5, 0.6) is 0 Å². The molecule has 26 heavy (non-hydrogen) atoms. The van der Waals surface area contributed by atoms with Gasteiger partial charge in [-0.25, -0.2) is 4.99 Å².